The number of carbonyl (C=O) groups is 1. The van der Waals surface area contributed by atoms with E-state index in [1.807, 2.05) is 30.3 Å². The Morgan fingerprint density at radius 2 is 2.00 bits per heavy atom. The Kier molecular flexibility index (Phi) is 2.79. The lowest BCUT2D eigenvalue weighted by atomic mass is 9.97. The summed E-state index contributed by atoms with van der Waals surface area (Å²) in [6.07, 6.45) is 3.33. The van der Waals surface area contributed by atoms with Crippen LogP contribution in [0.15, 0.2) is 36.4 Å². The number of amides is 1. The SMILES string of the molecule is CC1(O)CN(C(=O)/C=C/c2ccccc2)C1. The third-order valence-electron chi connectivity index (χ3n) is 2.59. The van der Waals surface area contributed by atoms with E-state index in [4.69, 9.17) is 0 Å². The van der Waals surface area contributed by atoms with Gasteiger partial charge in [-0.1, -0.05) is 30.3 Å². The van der Waals surface area contributed by atoms with Crippen molar-refractivity contribution >= 4 is 12.0 Å². The van der Waals surface area contributed by atoms with Gasteiger partial charge in [0.2, 0.25) is 5.91 Å². The van der Waals surface area contributed by atoms with E-state index in [2.05, 4.69) is 0 Å². The highest BCUT2D eigenvalue weighted by atomic mass is 16.3. The molecule has 84 valence electrons. The molecule has 0 bridgehead atoms. The average molecular weight is 217 g/mol. The summed E-state index contributed by atoms with van der Waals surface area (Å²) in [5.74, 6) is -0.0459. The molecule has 1 saturated heterocycles. The molecule has 1 aliphatic rings. The number of hydrogen-bond acceptors (Lipinski definition) is 2. The van der Waals surface area contributed by atoms with Crippen LogP contribution < -0.4 is 0 Å². The minimum absolute atomic E-state index is 0.0459. The van der Waals surface area contributed by atoms with Crippen molar-refractivity contribution in [3.05, 3.63) is 42.0 Å². The minimum Gasteiger partial charge on any atom is -0.386 e. The van der Waals surface area contributed by atoms with Gasteiger partial charge in [-0.3, -0.25) is 4.79 Å². The monoisotopic (exact) mass is 217 g/mol. The molecule has 2 rings (SSSR count). The van der Waals surface area contributed by atoms with Crippen molar-refractivity contribution in [1.82, 2.24) is 4.90 Å². The molecule has 1 N–H and O–H groups in total. The molecule has 16 heavy (non-hydrogen) atoms. The van der Waals surface area contributed by atoms with Crippen LogP contribution >= 0.6 is 0 Å². The highest BCUT2D eigenvalue weighted by molar-refractivity contribution is 5.92. The van der Waals surface area contributed by atoms with Crippen LogP contribution in [0.4, 0.5) is 0 Å². The summed E-state index contributed by atoms with van der Waals surface area (Å²) in [5.41, 5.74) is 0.305. The molecule has 0 unspecified atom stereocenters. The fraction of sp³-hybridized carbons (Fsp3) is 0.308. The first-order valence-corrected chi connectivity index (χ1v) is 5.31. The van der Waals surface area contributed by atoms with Gasteiger partial charge in [0.15, 0.2) is 0 Å². The number of likely N-dealkylation sites (tertiary alicyclic amines) is 1. The van der Waals surface area contributed by atoms with Gasteiger partial charge < -0.3 is 10.0 Å². The second-order valence-corrected chi connectivity index (χ2v) is 4.44. The summed E-state index contributed by atoms with van der Waals surface area (Å²) in [6.45, 7) is 2.58. The standard InChI is InChI=1S/C13H15NO2/c1-13(16)9-14(10-13)12(15)8-7-11-5-3-2-4-6-11/h2-8,16H,9-10H2,1H3/b8-7+. The molecule has 1 aliphatic heterocycles. The Morgan fingerprint density at radius 1 is 1.38 bits per heavy atom. The van der Waals surface area contributed by atoms with Crippen LogP contribution in [0.25, 0.3) is 6.08 Å². The molecular formula is C13H15NO2. The topological polar surface area (TPSA) is 40.5 Å². The molecule has 0 aromatic heterocycles. The van der Waals surface area contributed by atoms with Gasteiger partial charge in [-0.2, -0.15) is 0 Å². The summed E-state index contributed by atoms with van der Waals surface area (Å²) in [5, 5.41) is 9.50. The Labute approximate surface area is 95.0 Å². The van der Waals surface area contributed by atoms with E-state index >= 15 is 0 Å². The van der Waals surface area contributed by atoms with Crippen LogP contribution in [0.1, 0.15) is 12.5 Å². The Morgan fingerprint density at radius 3 is 2.56 bits per heavy atom. The van der Waals surface area contributed by atoms with Crippen molar-refractivity contribution in [2.45, 2.75) is 12.5 Å². The molecule has 0 aliphatic carbocycles. The minimum atomic E-state index is -0.698. The number of hydrogen-bond donors (Lipinski definition) is 1. The maximum Gasteiger partial charge on any atom is 0.246 e. The summed E-state index contributed by atoms with van der Waals surface area (Å²) < 4.78 is 0. The lowest BCUT2D eigenvalue weighted by molar-refractivity contribution is -0.146. The molecule has 3 heteroatoms. The lowest BCUT2D eigenvalue weighted by Gasteiger charge is -2.43. The largest absolute Gasteiger partial charge is 0.386 e. The molecule has 0 radical (unpaired) electrons. The molecule has 1 amide bonds. The molecule has 0 spiro atoms. The molecule has 0 saturated carbocycles. The van der Waals surface area contributed by atoms with Gasteiger partial charge in [0.25, 0.3) is 0 Å². The number of rotatable bonds is 2. The van der Waals surface area contributed by atoms with Crippen molar-refractivity contribution < 1.29 is 9.90 Å². The first kappa shape index (κ1) is 10.9. The normalized spacial score (nSPS) is 18.5. The summed E-state index contributed by atoms with van der Waals surface area (Å²) in [4.78, 5) is 13.2. The van der Waals surface area contributed by atoms with E-state index in [0.717, 1.165) is 5.56 Å². The number of aliphatic hydroxyl groups is 1. The van der Waals surface area contributed by atoms with Gasteiger partial charge in [0.1, 0.15) is 0 Å². The fourth-order valence-electron chi connectivity index (χ4n) is 1.77. The smallest absolute Gasteiger partial charge is 0.246 e. The van der Waals surface area contributed by atoms with Crippen LogP contribution in [0.3, 0.4) is 0 Å². The summed E-state index contributed by atoms with van der Waals surface area (Å²) in [7, 11) is 0. The van der Waals surface area contributed by atoms with Crippen LogP contribution in [-0.4, -0.2) is 34.6 Å². The maximum absolute atomic E-state index is 11.6. The van der Waals surface area contributed by atoms with Gasteiger partial charge in [-0.15, -0.1) is 0 Å². The zero-order valence-corrected chi connectivity index (χ0v) is 9.26. The fourth-order valence-corrected chi connectivity index (χ4v) is 1.77. The van der Waals surface area contributed by atoms with Gasteiger partial charge in [0.05, 0.1) is 18.7 Å². The average Bonchev–Trinajstić information content (AvgIpc) is 2.24. The summed E-state index contributed by atoms with van der Waals surface area (Å²) in [6, 6.07) is 9.68. The molecule has 1 aromatic rings. The van der Waals surface area contributed by atoms with E-state index in [1.54, 1.807) is 24.0 Å². The zero-order chi connectivity index (χ0) is 11.6. The zero-order valence-electron chi connectivity index (χ0n) is 9.26. The molecule has 0 atom stereocenters. The molecule has 1 aromatic carbocycles. The predicted molar refractivity (Wildman–Crippen MR) is 62.7 cm³/mol. The molecular weight excluding hydrogens is 202 g/mol. The van der Waals surface area contributed by atoms with E-state index in [-0.39, 0.29) is 5.91 Å². The Balaban J connectivity index is 1.91. The van der Waals surface area contributed by atoms with Crippen molar-refractivity contribution in [3.63, 3.8) is 0 Å². The maximum atomic E-state index is 11.6. The van der Waals surface area contributed by atoms with Gasteiger partial charge in [-0.25, -0.2) is 0 Å². The van der Waals surface area contributed by atoms with Gasteiger partial charge >= 0.3 is 0 Å². The van der Waals surface area contributed by atoms with Crippen LogP contribution in [0.5, 0.6) is 0 Å². The van der Waals surface area contributed by atoms with Gasteiger partial charge in [-0.05, 0) is 18.6 Å². The van der Waals surface area contributed by atoms with E-state index in [1.165, 1.54) is 0 Å². The Hall–Kier alpha value is -1.61. The van der Waals surface area contributed by atoms with Crippen LogP contribution in [-0.2, 0) is 4.79 Å². The second-order valence-electron chi connectivity index (χ2n) is 4.44. The Bertz CT molecular complexity index is 401. The third kappa shape index (κ3) is 2.49. The first-order valence-electron chi connectivity index (χ1n) is 5.31. The molecule has 3 nitrogen and oxygen atoms in total. The number of benzene rings is 1. The van der Waals surface area contributed by atoms with Crippen molar-refractivity contribution in [2.75, 3.05) is 13.1 Å². The van der Waals surface area contributed by atoms with Crippen molar-refractivity contribution in [2.24, 2.45) is 0 Å². The number of nitrogens with zero attached hydrogens (tertiary/aromatic N) is 1. The van der Waals surface area contributed by atoms with E-state index < -0.39 is 5.60 Å². The van der Waals surface area contributed by atoms with Crippen LogP contribution in [0.2, 0.25) is 0 Å². The third-order valence-corrected chi connectivity index (χ3v) is 2.59. The molecule has 1 fully saturated rings. The lowest BCUT2D eigenvalue weighted by Crippen LogP contribution is -2.61. The van der Waals surface area contributed by atoms with E-state index in [9.17, 15) is 9.90 Å². The first-order chi connectivity index (χ1) is 7.57. The van der Waals surface area contributed by atoms with Crippen molar-refractivity contribution in [3.8, 4) is 0 Å². The van der Waals surface area contributed by atoms with E-state index in [0.29, 0.717) is 13.1 Å². The van der Waals surface area contributed by atoms with Crippen LogP contribution in [0, 0.1) is 0 Å². The number of β-amino-alcohol motifs (C(OH)–C–C–N with tert-alkyl or cyclic N) is 1. The highest BCUT2D eigenvalue weighted by Crippen LogP contribution is 2.19. The highest BCUT2D eigenvalue weighted by Gasteiger charge is 2.38. The summed E-state index contributed by atoms with van der Waals surface area (Å²) >= 11 is 0. The second kappa shape index (κ2) is 4.10. The molecule has 1 heterocycles. The number of carbonyl (C=O) groups excluding carboxylic acids is 1. The van der Waals surface area contributed by atoms with Crippen molar-refractivity contribution in [1.29, 1.82) is 0 Å². The quantitative estimate of drug-likeness (QED) is 0.758. The predicted octanol–water partition coefficient (Wildman–Crippen LogP) is 1.29. The van der Waals surface area contributed by atoms with Gasteiger partial charge in [0, 0.05) is 6.08 Å².